The van der Waals surface area contributed by atoms with Crippen LogP contribution in [0.2, 0.25) is 5.02 Å². The summed E-state index contributed by atoms with van der Waals surface area (Å²) < 4.78 is 5.80. The van der Waals surface area contributed by atoms with E-state index in [4.69, 9.17) is 21.1 Å². The van der Waals surface area contributed by atoms with Crippen LogP contribution in [0, 0.1) is 0 Å². The van der Waals surface area contributed by atoms with Crippen LogP contribution < -0.4 is 5.32 Å². The van der Waals surface area contributed by atoms with Crippen LogP contribution in [0.1, 0.15) is 11.1 Å². The fourth-order valence-corrected chi connectivity index (χ4v) is 3.43. The molecule has 2 heterocycles. The number of rotatable bonds is 3. The molecule has 0 amide bonds. The van der Waals surface area contributed by atoms with Crippen LogP contribution in [0.15, 0.2) is 40.8 Å². The summed E-state index contributed by atoms with van der Waals surface area (Å²) >= 11 is 7.49. The maximum absolute atomic E-state index is 10.9. The lowest BCUT2D eigenvalue weighted by Crippen LogP contribution is -2.33. The Balaban J connectivity index is 1.79. The maximum Gasteiger partial charge on any atom is 0.321 e. The van der Waals surface area contributed by atoms with Gasteiger partial charge in [0.1, 0.15) is 22.9 Å². The van der Waals surface area contributed by atoms with Crippen molar-refractivity contribution in [3.63, 3.8) is 0 Å². The Morgan fingerprint density at radius 2 is 2.25 bits per heavy atom. The van der Waals surface area contributed by atoms with E-state index in [9.17, 15) is 4.79 Å². The third kappa shape index (κ3) is 2.70. The predicted octanol–water partition coefficient (Wildman–Crippen LogP) is 3.39. The number of hydrogen-bond donors (Lipinski definition) is 2. The summed E-state index contributed by atoms with van der Waals surface area (Å²) in [6.07, 6.45) is 0. The summed E-state index contributed by atoms with van der Waals surface area (Å²) in [6.45, 7) is 0. The Bertz CT molecular complexity index is 643. The highest BCUT2D eigenvalue weighted by atomic mass is 35.5. The van der Waals surface area contributed by atoms with Gasteiger partial charge in [-0.15, -0.1) is 11.8 Å². The fourth-order valence-electron chi connectivity index (χ4n) is 2.07. The van der Waals surface area contributed by atoms with Gasteiger partial charge in [-0.25, -0.2) is 0 Å². The van der Waals surface area contributed by atoms with E-state index in [-0.39, 0.29) is 5.37 Å². The third-order valence-corrected chi connectivity index (χ3v) is 4.54. The van der Waals surface area contributed by atoms with Gasteiger partial charge in [0.25, 0.3) is 0 Å². The van der Waals surface area contributed by atoms with Gasteiger partial charge in [-0.1, -0.05) is 23.7 Å². The van der Waals surface area contributed by atoms with Crippen molar-refractivity contribution < 1.29 is 14.3 Å². The second-order valence-electron chi connectivity index (χ2n) is 4.48. The molecule has 6 heteroatoms. The van der Waals surface area contributed by atoms with Gasteiger partial charge in [0.05, 0.1) is 0 Å². The summed E-state index contributed by atoms with van der Waals surface area (Å²) in [6, 6.07) is 10.6. The minimum atomic E-state index is -0.832. The lowest BCUT2D eigenvalue weighted by Gasteiger charge is -2.07. The predicted molar refractivity (Wildman–Crippen MR) is 78.9 cm³/mol. The van der Waals surface area contributed by atoms with Crippen molar-refractivity contribution in [3.05, 3.63) is 47.2 Å². The van der Waals surface area contributed by atoms with Crippen LogP contribution in [0.5, 0.6) is 0 Å². The zero-order valence-corrected chi connectivity index (χ0v) is 11.9. The van der Waals surface area contributed by atoms with E-state index in [1.165, 1.54) is 11.8 Å². The summed E-state index contributed by atoms with van der Waals surface area (Å²) in [5, 5.41) is 12.5. The molecule has 0 spiro atoms. The monoisotopic (exact) mass is 309 g/mol. The highest BCUT2D eigenvalue weighted by Crippen LogP contribution is 2.36. The van der Waals surface area contributed by atoms with Crippen LogP contribution in [0.4, 0.5) is 0 Å². The van der Waals surface area contributed by atoms with Gasteiger partial charge in [0, 0.05) is 16.3 Å². The summed E-state index contributed by atoms with van der Waals surface area (Å²) in [5.74, 6) is 1.16. The molecule has 1 aromatic carbocycles. The first-order chi connectivity index (χ1) is 9.63. The number of hydrogen-bond acceptors (Lipinski definition) is 4. The van der Waals surface area contributed by atoms with Crippen molar-refractivity contribution in [2.24, 2.45) is 0 Å². The second-order valence-corrected chi connectivity index (χ2v) is 6.06. The summed E-state index contributed by atoms with van der Waals surface area (Å²) in [7, 11) is 0. The Morgan fingerprint density at radius 1 is 1.40 bits per heavy atom. The highest BCUT2D eigenvalue weighted by molar-refractivity contribution is 7.99. The lowest BCUT2D eigenvalue weighted by molar-refractivity contribution is -0.138. The van der Waals surface area contributed by atoms with Gasteiger partial charge >= 0.3 is 5.97 Å². The average molecular weight is 310 g/mol. The van der Waals surface area contributed by atoms with Crippen LogP contribution in [0.3, 0.4) is 0 Å². The number of carboxylic acids is 1. The molecule has 1 aliphatic rings. The molecule has 2 N–H and O–H groups in total. The van der Waals surface area contributed by atoms with Crippen LogP contribution in [0.25, 0.3) is 11.3 Å². The SMILES string of the molecule is O=C(O)[C@H]1CS[C@@H](c2ccc(-c3cccc(Cl)c3)o2)N1. The van der Waals surface area contributed by atoms with Gasteiger partial charge < -0.3 is 9.52 Å². The second kappa shape index (κ2) is 5.52. The molecule has 2 aromatic rings. The van der Waals surface area contributed by atoms with Gasteiger partial charge in [-0.3, -0.25) is 10.1 Å². The molecule has 0 unspecified atom stereocenters. The number of aliphatic carboxylic acids is 1. The zero-order valence-electron chi connectivity index (χ0n) is 10.4. The number of furan rings is 1. The van der Waals surface area contributed by atoms with Gasteiger partial charge in [0.2, 0.25) is 0 Å². The van der Waals surface area contributed by atoms with E-state index in [1.807, 2.05) is 30.3 Å². The van der Waals surface area contributed by atoms with Crippen molar-refractivity contribution in [1.29, 1.82) is 0 Å². The first-order valence-corrected chi connectivity index (χ1v) is 7.52. The van der Waals surface area contributed by atoms with Crippen molar-refractivity contribution >= 4 is 29.3 Å². The number of thioether (sulfide) groups is 1. The van der Waals surface area contributed by atoms with E-state index in [0.717, 1.165) is 17.1 Å². The van der Waals surface area contributed by atoms with Crippen molar-refractivity contribution in [3.8, 4) is 11.3 Å². The average Bonchev–Trinajstić information content (AvgIpc) is 3.08. The first-order valence-electron chi connectivity index (χ1n) is 6.09. The molecule has 1 saturated heterocycles. The van der Waals surface area contributed by atoms with Crippen LogP contribution in [-0.2, 0) is 4.79 Å². The molecular weight excluding hydrogens is 298 g/mol. The minimum Gasteiger partial charge on any atom is -0.480 e. The fraction of sp³-hybridized carbons (Fsp3) is 0.214. The minimum absolute atomic E-state index is 0.121. The molecule has 1 aromatic heterocycles. The van der Waals surface area contributed by atoms with Gasteiger partial charge in [0.15, 0.2) is 0 Å². The van der Waals surface area contributed by atoms with Crippen molar-refractivity contribution in [1.82, 2.24) is 5.32 Å². The summed E-state index contributed by atoms with van der Waals surface area (Å²) in [4.78, 5) is 10.9. The molecule has 1 fully saturated rings. The van der Waals surface area contributed by atoms with E-state index >= 15 is 0 Å². The van der Waals surface area contributed by atoms with Gasteiger partial charge in [-0.2, -0.15) is 0 Å². The number of carbonyl (C=O) groups is 1. The Kier molecular flexibility index (Phi) is 3.74. The molecule has 4 nitrogen and oxygen atoms in total. The molecule has 2 atom stereocenters. The molecule has 0 saturated carbocycles. The number of halogens is 1. The van der Waals surface area contributed by atoms with E-state index < -0.39 is 12.0 Å². The lowest BCUT2D eigenvalue weighted by atomic mass is 10.2. The Labute approximate surface area is 125 Å². The molecule has 0 bridgehead atoms. The van der Waals surface area contributed by atoms with Crippen molar-refractivity contribution in [2.75, 3.05) is 5.75 Å². The van der Waals surface area contributed by atoms with Crippen LogP contribution >= 0.6 is 23.4 Å². The topological polar surface area (TPSA) is 62.5 Å². The smallest absolute Gasteiger partial charge is 0.321 e. The van der Waals surface area contributed by atoms with E-state index in [2.05, 4.69) is 5.32 Å². The highest BCUT2D eigenvalue weighted by Gasteiger charge is 2.32. The molecule has 20 heavy (non-hydrogen) atoms. The standard InChI is InChI=1S/C14H12ClNO3S/c15-9-3-1-2-8(6-9)11-4-5-12(19-11)13-16-10(7-20-13)14(17)18/h1-6,10,13,16H,7H2,(H,17,18)/t10-,13+/m1/s1. The molecular formula is C14H12ClNO3S. The summed E-state index contributed by atoms with van der Waals surface area (Å²) in [5.41, 5.74) is 0.904. The molecule has 1 aliphatic heterocycles. The normalized spacial score (nSPS) is 22.1. The Morgan fingerprint density at radius 3 is 2.95 bits per heavy atom. The quantitative estimate of drug-likeness (QED) is 0.910. The van der Waals surface area contributed by atoms with Crippen LogP contribution in [-0.4, -0.2) is 22.9 Å². The number of carboxylic acid groups (broad SMARTS) is 1. The molecule has 104 valence electrons. The molecule has 0 aliphatic carbocycles. The first kappa shape index (κ1) is 13.5. The van der Waals surface area contributed by atoms with Crippen molar-refractivity contribution in [2.45, 2.75) is 11.4 Å². The van der Waals surface area contributed by atoms with Gasteiger partial charge in [-0.05, 0) is 24.3 Å². The largest absolute Gasteiger partial charge is 0.480 e. The number of nitrogens with one attached hydrogen (secondary N) is 1. The molecule has 0 radical (unpaired) electrons. The zero-order chi connectivity index (χ0) is 14.1. The number of benzene rings is 1. The maximum atomic E-state index is 10.9. The Hall–Kier alpha value is -1.43. The molecule has 3 rings (SSSR count). The third-order valence-electron chi connectivity index (χ3n) is 3.07. The van der Waals surface area contributed by atoms with E-state index in [1.54, 1.807) is 6.07 Å². The van der Waals surface area contributed by atoms with E-state index in [0.29, 0.717) is 10.8 Å².